The molecule has 20 heavy (non-hydrogen) atoms. The van der Waals surface area contributed by atoms with E-state index in [0.717, 1.165) is 0 Å². The van der Waals surface area contributed by atoms with Crippen molar-refractivity contribution in [3.05, 3.63) is 32.1 Å². The molecule has 1 amide bonds. The zero-order chi connectivity index (χ0) is 15.1. The van der Waals surface area contributed by atoms with E-state index in [1.165, 1.54) is 7.11 Å². The third-order valence-corrected chi connectivity index (χ3v) is 2.81. The normalized spacial score (nSPS) is 12.2. The molecule has 8 heteroatoms. The molecule has 0 aromatic carbocycles. The first-order valence-electron chi connectivity index (χ1n) is 6.19. The van der Waals surface area contributed by atoms with Crippen LogP contribution >= 0.6 is 0 Å². The number of aliphatic hydroxyl groups excluding tert-OH is 1. The number of aliphatic hydroxyl groups is 1. The number of aromatic nitrogens is 2. The lowest BCUT2D eigenvalue weighted by Gasteiger charge is -2.15. The van der Waals surface area contributed by atoms with Crippen LogP contribution in [0.4, 0.5) is 0 Å². The fraction of sp³-hybridized carbons (Fsp3) is 0.583. The Hall–Kier alpha value is -1.93. The Bertz CT molecular complexity index is 563. The smallest absolute Gasteiger partial charge is 0.325 e. The van der Waals surface area contributed by atoms with E-state index < -0.39 is 17.3 Å². The van der Waals surface area contributed by atoms with Crippen molar-refractivity contribution in [3.8, 4) is 0 Å². The molecule has 1 atom stereocenters. The van der Waals surface area contributed by atoms with E-state index in [1.807, 2.05) is 0 Å². The van der Waals surface area contributed by atoms with Crippen molar-refractivity contribution in [2.24, 2.45) is 0 Å². The van der Waals surface area contributed by atoms with Crippen LogP contribution in [0, 0.1) is 6.92 Å². The number of ether oxygens (including phenoxy) is 1. The molecule has 1 aromatic rings. The lowest BCUT2D eigenvalue weighted by Crippen LogP contribution is -2.41. The Morgan fingerprint density at radius 2 is 2.10 bits per heavy atom. The predicted molar refractivity (Wildman–Crippen MR) is 71.6 cm³/mol. The van der Waals surface area contributed by atoms with Crippen LogP contribution in [0.5, 0.6) is 0 Å². The van der Waals surface area contributed by atoms with Crippen LogP contribution in [0.3, 0.4) is 0 Å². The molecule has 4 N–H and O–H groups in total. The molecule has 1 aromatic heterocycles. The van der Waals surface area contributed by atoms with Crippen molar-refractivity contribution in [1.29, 1.82) is 0 Å². The maximum absolute atomic E-state index is 11.7. The van der Waals surface area contributed by atoms with Crippen molar-refractivity contribution in [3.63, 3.8) is 0 Å². The topological polar surface area (TPSA) is 124 Å². The van der Waals surface area contributed by atoms with Crippen molar-refractivity contribution in [1.82, 2.24) is 15.3 Å². The van der Waals surface area contributed by atoms with E-state index in [-0.39, 0.29) is 32.0 Å². The monoisotopic (exact) mass is 285 g/mol. The second-order valence-corrected chi connectivity index (χ2v) is 4.41. The van der Waals surface area contributed by atoms with Crippen molar-refractivity contribution in [2.75, 3.05) is 20.3 Å². The number of nitrogens with one attached hydrogen (secondary N) is 3. The Kier molecular flexibility index (Phi) is 6.13. The zero-order valence-corrected chi connectivity index (χ0v) is 11.5. The van der Waals surface area contributed by atoms with Gasteiger partial charge in [-0.15, -0.1) is 0 Å². The minimum absolute atomic E-state index is 0.0795. The number of rotatable bonds is 7. The average Bonchev–Trinajstić information content (AvgIpc) is 2.36. The predicted octanol–water partition coefficient (Wildman–Crippen LogP) is -1.57. The van der Waals surface area contributed by atoms with Crippen LogP contribution < -0.4 is 16.6 Å². The van der Waals surface area contributed by atoms with Crippen LogP contribution in [-0.4, -0.2) is 47.3 Å². The third kappa shape index (κ3) is 4.63. The molecule has 0 bridgehead atoms. The second-order valence-electron chi connectivity index (χ2n) is 4.41. The highest BCUT2D eigenvalue weighted by Crippen LogP contribution is 2.00. The van der Waals surface area contributed by atoms with Gasteiger partial charge in [-0.05, 0) is 13.3 Å². The van der Waals surface area contributed by atoms with Crippen molar-refractivity contribution < 1.29 is 14.6 Å². The molecule has 1 heterocycles. The van der Waals surface area contributed by atoms with Gasteiger partial charge < -0.3 is 20.1 Å². The largest absolute Gasteiger partial charge is 0.394 e. The van der Waals surface area contributed by atoms with Gasteiger partial charge in [0.2, 0.25) is 5.91 Å². The van der Waals surface area contributed by atoms with Crippen LogP contribution in [0.1, 0.15) is 17.7 Å². The quantitative estimate of drug-likeness (QED) is 0.481. The molecule has 1 rings (SSSR count). The van der Waals surface area contributed by atoms with Gasteiger partial charge in [0.15, 0.2) is 0 Å². The summed E-state index contributed by atoms with van der Waals surface area (Å²) < 4.78 is 4.84. The number of carbonyl (C=O) groups is 1. The number of carbonyl (C=O) groups excluding carboxylic acids is 1. The molecule has 0 spiro atoms. The molecular formula is C12H19N3O5. The summed E-state index contributed by atoms with van der Waals surface area (Å²) in [6, 6.07) is -0.470. The van der Waals surface area contributed by atoms with Gasteiger partial charge in [0.05, 0.1) is 19.3 Å². The standard InChI is InChI=1S/C12H19N3O5/c1-7-9(11(18)15-12(19)13-7)3-4-10(17)14-8(5-16)6-20-2/h8,16H,3-6H2,1-2H3,(H,14,17)(H2,13,15,18,19). The van der Waals surface area contributed by atoms with E-state index in [2.05, 4.69) is 15.3 Å². The highest BCUT2D eigenvalue weighted by atomic mass is 16.5. The Labute approximate surface area is 115 Å². The highest BCUT2D eigenvalue weighted by molar-refractivity contribution is 5.76. The molecule has 112 valence electrons. The maximum Gasteiger partial charge on any atom is 0.325 e. The minimum Gasteiger partial charge on any atom is -0.394 e. The molecular weight excluding hydrogens is 266 g/mol. The number of hydrogen-bond acceptors (Lipinski definition) is 5. The molecule has 8 nitrogen and oxygen atoms in total. The number of H-pyrrole nitrogens is 2. The summed E-state index contributed by atoms with van der Waals surface area (Å²) in [4.78, 5) is 38.9. The van der Waals surface area contributed by atoms with E-state index in [1.54, 1.807) is 6.92 Å². The van der Waals surface area contributed by atoms with E-state index >= 15 is 0 Å². The summed E-state index contributed by atoms with van der Waals surface area (Å²) in [6.45, 7) is 1.59. The van der Waals surface area contributed by atoms with Gasteiger partial charge in [0.25, 0.3) is 5.56 Å². The molecule has 0 aliphatic carbocycles. The SMILES string of the molecule is COCC(CO)NC(=O)CCc1c(C)[nH]c(=O)[nH]c1=O. The van der Waals surface area contributed by atoms with Gasteiger partial charge in [0.1, 0.15) is 0 Å². The second kappa shape index (κ2) is 7.61. The van der Waals surface area contributed by atoms with Gasteiger partial charge in [-0.25, -0.2) is 4.79 Å². The first kappa shape index (κ1) is 16.1. The van der Waals surface area contributed by atoms with Gasteiger partial charge in [-0.3, -0.25) is 14.6 Å². The molecule has 0 aliphatic heterocycles. The van der Waals surface area contributed by atoms with Crippen LogP contribution in [0.2, 0.25) is 0 Å². The maximum atomic E-state index is 11.7. The fourth-order valence-electron chi connectivity index (χ4n) is 1.81. The number of aromatic amines is 2. The molecule has 1 unspecified atom stereocenters. The van der Waals surface area contributed by atoms with E-state index in [9.17, 15) is 14.4 Å². The summed E-state index contributed by atoms with van der Waals surface area (Å²) in [5, 5.41) is 11.6. The van der Waals surface area contributed by atoms with Crippen LogP contribution in [0.15, 0.2) is 9.59 Å². The van der Waals surface area contributed by atoms with Gasteiger partial charge >= 0.3 is 5.69 Å². The summed E-state index contributed by atoms with van der Waals surface area (Å²) in [5.74, 6) is -0.300. The number of aryl methyl sites for hydroxylation is 1. The van der Waals surface area contributed by atoms with Gasteiger partial charge in [0, 0.05) is 24.8 Å². The van der Waals surface area contributed by atoms with Gasteiger partial charge in [-0.2, -0.15) is 0 Å². The lowest BCUT2D eigenvalue weighted by molar-refractivity contribution is -0.122. The minimum atomic E-state index is -0.568. The van der Waals surface area contributed by atoms with Crippen LogP contribution in [0.25, 0.3) is 0 Å². The summed E-state index contributed by atoms with van der Waals surface area (Å²) in [6.07, 6.45) is 0.283. The summed E-state index contributed by atoms with van der Waals surface area (Å²) >= 11 is 0. The first-order valence-corrected chi connectivity index (χ1v) is 6.19. The Morgan fingerprint density at radius 1 is 1.40 bits per heavy atom. The van der Waals surface area contributed by atoms with Crippen LogP contribution in [-0.2, 0) is 16.0 Å². The molecule has 0 aliphatic rings. The molecule has 0 saturated carbocycles. The molecule has 0 fully saturated rings. The summed E-state index contributed by atoms with van der Waals surface area (Å²) in [5.41, 5.74) is -0.245. The summed E-state index contributed by atoms with van der Waals surface area (Å²) in [7, 11) is 1.47. The molecule has 0 saturated heterocycles. The van der Waals surface area contributed by atoms with E-state index in [0.29, 0.717) is 11.3 Å². The molecule has 0 radical (unpaired) electrons. The third-order valence-electron chi connectivity index (χ3n) is 2.81. The number of methoxy groups -OCH3 is 1. The zero-order valence-electron chi connectivity index (χ0n) is 11.5. The lowest BCUT2D eigenvalue weighted by atomic mass is 10.1. The fourth-order valence-corrected chi connectivity index (χ4v) is 1.81. The highest BCUT2D eigenvalue weighted by Gasteiger charge is 2.13. The Morgan fingerprint density at radius 3 is 2.65 bits per heavy atom. The number of amides is 1. The van der Waals surface area contributed by atoms with Crippen molar-refractivity contribution in [2.45, 2.75) is 25.8 Å². The first-order chi connectivity index (χ1) is 9.47. The van der Waals surface area contributed by atoms with Crippen molar-refractivity contribution >= 4 is 5.91 Å². The Balaban J connectivity index is 2.61. The number of hydrogen-bond donors (Lipinski definition) is 4. The van der Waals surface area contributed by atoms with E-state index in [4.69, 9.17) is 9.84 Å². The average molecular weight is 285 g/mol. The van der Waals surface area contributed by atoms with Gasteiger partial charge in [-0.1, -0.05) is 0 Å².